The maximum Gasteiger partial charge on any atom is 0.230 e. The summed E-state index contributed by atoms with van der Waals surface area (Å²) in [5, 5.41) is 0. The summed E-state index contributed by atoms with van der Waals surface area (Å²) in [6, 6.07) is 10.1. The van der Waals surface area contributed by atoms with Gasteiger partial charge in [0.05, 0.1) is 18.6 Å². The van der Waals surface area contributed by atoms with E-state index < -0.39 is 0 Å². The Morgan fingerprint density at radius 1 is 1.41 bits per heavy atom. The van der Waals surface area contributed by atoms with Crippen LogP contribution in [0.3, 0.4) is 0 Å². The molecule has 1 amide bonds. The summed E-state index contributed by atoms with van der Waals surface area (Å²) in [5.41, 5.74) is 6.78. The Morgan fingerprint density at radius 3 is 2.68 bits per heavy atom. The van der Waals surface area contributed by atoms with Crippen molar-refractivity contribution in [2.45, 2.75) is 32.3 Å². The number of benzene rings is 1. The SMILES string of the molecule is CCC(C)C(C(=O)N1CCOC(CN)C1)c1ccccc1.Cl. The zero-order valence-corrected chi connectivity index (χ0v) is 14.2. The summed E-state index contributed by atoms with van der Waals surface area (Å²) in [4.78, 5) is 14.9. The molecular formula is C17H27ClN2O2. The highest BCUT2D eigenvalue weighted by atomic mass is 35.5. The third-order valence-corrected chi connectivity index (χ3v) is 4.35. The van der Waals surface area contributed by atoms with E-state index in [4.69, 9.17) is 10.5 Å². The van der Waals surface area contributed by atoms with Crippen molar-refractivity contribution in [2.75, 3.05) is 26.2 Å². The van der Waals surface area contributed by atoms with Crippen LogP contribution in [0.2, 0.25) is 0 Å². The van der Waals surface area contributed by atoms with Crippen molar-refractivity contribution in [1.82, 2.24) is 4.90 Å². The van der Waals surface area contributed by atoms with E-state index in [-0.39, 0.29) is 30.3 Å². The number of ether oxygens (including phenoxy) is 1. The van der Waals surface area contributed by atoms with E-state index in [1.807, 2.05) is 23.1 Å². The molecule has 22 heavy (non-hydrogen) atoms. The third-order valence-electron chi connectivity index (χ3n) is 4.35. The number of morpholine rings is 1. The highest BCUT2D eigenvalue weighted by Crippen LogP contribution is 2.29. The molecule has 3 atom stereocenters. The summed E-state index contributed by atoms with van der Waals surface area (Å²) in [6.45, 7) is 6.59. The summed E-state index contributed by atoms with van der Waals surface area (Å²) in [6.07, 6.45) is 0.951. The van der Waals surface area contributed by atoms with Gasteiger partial charge in [-0.25, -0.2) is 0 Å². The first kappa shape index (κ1) is 18.9. The lowest BCUT2D eigenvalue weighted by atomic mass is 9.84. The molecule has 124 valence electrons. The molecule has 0 aromatic heterocycles. The molecule has 1 aliphatic rings. The van der Waals surface area contributed by atoms with Crippen LogP contribution in [0, 0.1) is 5.92 Å². The maximum absolute atomic E-state index is 13.0. The summed E-state index contributed by atoms with van der Waals surface area (Å²) in [7, 11) is 0. The van der Waals surface area contributed by atoms with Crippen LogP contribution in [0.4, 0.5) is 0 Å². The molecule has 1 aromatic rings. The van der Waals surface area contributed by atoms with Gasteiger partial charge in [-0.15, -0.1) is 12.4 Å². The summed E-state index contributed by atoms with van der Waals surface area (Å²) < 4.78 is 5.56. The van der Waals surface area contributed by atoms with Crippen molar-refractivity contribution in [3.63, 3.8) is 0 Å². The largest absolute Gasteiger partial charge is 0.373 e. The van der Waals surface area contributed by atoms with E-state index in [0.717, 1.165) is 12.0 Å². The second-order valence-electron chi connectivity index (χ2n) is 5.79. The van der Waals surface area contributed by atoms with Crippen molar-refractivity contribution in [3.05, 3.63) is 35.9 Å². The van der Waals surface area contributed by atoms with Crippen LogP contribution in [-0.2, 0) is 9.53 Å². The Bertz CT molecular complexity index is 455. The minimum atomic E-state index is -0.0762. The molecule has 1 saturated heterocycles. The molecule has 0 saturated carbocycles. The van der Waals surface area contributed by atoms with E-state index in [9.17, 15) is 4.79 Å². The lowest BCUT2D eigenvalue weighted by molar-refractivity contribution is -0.141. The molecule has 2 N–H and O–H groups in total. The molecule has 3 unspecified atom stereocenters. The van der Waals surface area contributed by atoms with E-state index in [0.29, 0.717) is 32.2 Å². The fourth-order valence-corrected chi connectivity index (χ4v) is 2.87. The number of amides is 1. The summed E-state index contributed by atoms with van der Waals surface area (Å²) in [5.74, 6) is 0.448. The van der Waals surface area contributed by atoms with E-state index in [1.54, 1.807) is 0 Å². The van der Waals surface area contributed by atoms with Gasteiger partial charge in [-0.05, 0) is 11.5 Å². The highest BCUT2D eigenvalue weighted by molar-refractivity contribution is 5.85. The van der Waals surface area contributed by atoms with Gasteiger partial charge in [0.2, 0.25) is 5.91 Å². The second kappa shape index (κ2) is 9.13. The maximum atomic E-state index is 13.0. The van der Waals surface area contributed by atoms with Crippen LogP contribution in [-0.4, -0.2) is 43.2 Å². The molecule has 5 heteroatoms. The first-order chi connectivity index (χ1) is 10.2. The molecule has 4 nitrogen and oxygen atoms in total. The Balaban J connectivity index is 0.00000242. The molecule has 0 bridgehead atoms. The van der Waals surface area contributed by atoms with Crippen molar-refractivity contribution in [1.29, 1.82) is 0 Å². The Labute approximate surface area is 139 Å². The fraction of sp³-hybridized carbons (Fsp3) is 0.588. The van der Waals surface area contributed by atoms with E-state index in [2.05, 4.69) is 26.0 Å². The zero-order valence-electron chi connectivity index (χ0n) is 13.4. The number of carbonyl (C=O) groups excluding carboxylic acids is 1. The van der Waals surface area contributed by atoms with Gasteiger partial charge in [-0.1, -0.05) is 50.6 Å². The third kappa shape index (κ3) is 4.45. The topological polar surface area (TPSA) is 55.6 Å². The molecule has 1 fully saturated rings. The normalized spacial score (nSPS) is 20.9. The molecular weight excluding hydrogens is 300 g/mol. The molecule has 1 aromatic carbocycles. The predicted molar refractivity (Wildman–Crippen MR) is 91.3 cm³/mol. The highest BCUT2D eigenvalue weighted by Gasteiger charge is 2.32. The molecule has 0 spiro atoms. The lowest BCUT2D eigenvalue weighted by Gasteiger charge is -2.36. The van der Waals surface area contributed by atoms with Crippen molar-refractivity contribution in [2.24, 2.45) is 11.7 Å². The summed E-state index contributed by atoms with van der Waals surface area (Å²) >= 11 is 0. The van der Waals surface area contributed by atoms with Gasteiger partial charge >= 0.3 is 0 Å². The zero-order chi connectivity index (χ0) is 15.2. The number of hydrogen-bond donors (Lipinski definition) is 1. The molecule has 1 heterocycles. The van der Waals surface area contributed by atoms with Crippen LogP contribution in [0.15, 0.2) is 30.3 Å². The smallest absolute Gasteiger partial charge is 0.230 e. The van der Waals surface area contributed by atoms with Crippen LogP contribution in [0.1, 0.15) is 31.7 Å². The van der Waals surface area contributed by atoms with E-state index >= 15 is 0 Å². The monoisotopic (exact) mass is 326 g/mol. The second-order valence-corrected chi connectivity index (χ2v) is 5.79. The number of halogens is 1. The quantitative estimate of drug-likeness (QED) is 0.904. The van der Waals surface area contributed by atoms with Crippen molar-refractivity contribution < 1.29 is 9.53 Å². The number of nitrogens with zero attached hydrogens (tertiary/aromatic N) is 1. The van der Waals surface area contributed by atoms with Crippen LogP contribution in [0.5, 0.6) is 0 Å². The molecule has 2 rings (SSSR count). The van der Waals surface area contributed by atoms with Gasteiger partial charge in [-0.2, -0.15) is 0 Å². The predicted octanol–water partition coefficient (Wildman–Crippen LogP) is 2.42. The lowest BCUT2D eigenvalue weighted by Crippen LogP contribution is -2.50. The number of nitrogens with two attached hydrogens (primary N) is 1. The number of carbonyl (C=O) groups is 1. The van der Waals surface area contributed by atoms with Gasteiger partial charge < -0.3 is 15.4 Å². The van der Waals surface area contributed by atoms with Gasteiger partial charge in [0, 0.05) is 19.6 Å². The average Bonchev–Trinajstić information content (AvgIpc) is 2.55. The van der Waals surface area contributed by atoms with Gasteiger partial charge in [0.1, 0.15) is 0 Å². The Morgan fingerprint density at radius 2 is 2.09 bits per heavy atom. The average molecular weight is 327 g/mol. The molecule has 0 radical (unpaired) electrons. The number of rotatable bonds is 5. The number of hydrogen-bond acceptors (Lipinski definition) is 3. The molecule has 1 aliphatic heterocycles. The standard InChI is InChI=1S/C17H26N2O2.ClH/c1-3-13(2)16(14-7-5-4-6-8-14)17(20)19-9-10-21-15(11-18)12-19;/h4-8,13,15-16H,3,9-12,18H2,1-2H3;1H. The van der Waals surface area contributed by atoms with E-state index in [1.165, 1.54) is 0 Å². The first-order valence-corrected chi connectivity index (χ1v) is 7.82. The van der Waals surface area contributed by atoms with Gasteiger partial charge in [0.25, 0.3) is 0 Å². The van der Waals surface area contributed by atoms with Crippen LogP contribution >= 0.6 is 12.4 Å². The first-order valence-electron chi connectivity index (χ1n) is 7.82. The molecule has 0 aliphatic carbocycles. The van der Waals surface area contributed by atoms with Crippen molar-refractivity contribution in [3.8, 4) is 0 Å². The van der Waals surface area contributed by atoms with Gasteiger partial charge in [-0.3, -0.25) is 4.79 Å². The Kier molecular flexibility index (Phi) is 7.87. The minimum absolute atomic E-state index is 0. The van der Waals surface area contributed by atoms with Crippen LogP contribution < -0.4 is 5.73 Å². The Hall–Kier alpha value is -1.10. The van der Waals surface area contributed by atoms with Crippen molar-refractivity contribution >= 4 is 18.3 Å². The minimum Gasteiger partial charge on any atom is -0.373 e. The van der Waals surface area contributed by atoms with Gasteiger partial charge in [0.15, 0.2) is 0 Å². The van der Waals surface area contributed by atoms with Crippen LogP contribution in [0.25, 0.3) is 0 Å². The fourth-order valence-electron chi connectivity index (χ4n) is 2.87.